The summed E-state index contributed by atoms with van der Waals surface area (Å²) in [6.07, 6.45) is 1.33. The fraction of sp³-hybridized carbons (Fsp3) is 0.562. The Morgan fingerprint density at radius 2 is 2.05 bits per heavy atom. The quantitative estimate of drug-likeness (QED) is 0.756. The number of amides is 1. The fourth-order valence-electron chi connectivity index (χ4n) is 2.05. The van der Waals surface area contributed by atoms with Gasteiger partial charge >= 0.3 is 0 Å². The van der Waals surface area contributed by atoms with Crippen LogP contribution in [0.2, 0.25) is 5.02 Å². The molecule has 1 aromatic rings. The van der Waals surface area contributed by atoms with Crippen molar-refractivity contribution in [1.82, 2.24) is 4.90 Å². The second-order valence-corrected chi connectivity index (χ2v) is 6.26. The molecule has 0 aromatic heterocycles. The predicted octanol–water partition coefficient (Wildman–Crippen LogP) is 3.62. The molecule has 0 heterocycles. The van der Waals surface area contributed by atoms with E-state index < -0.39 is 0 Å². The lowest BCUT2D eigenvalue weighted by Crippen LogP contribution is -2.34. The number of benzene rings is 1. The Hall–Kier alpha value is -1.26. The summed E-state index contributed by atoms with van der Waals surface area (Å²) >= 11 is 5.85. The first-order valence-corrected chi connectivity index (χ1v) is 7.74. The van der Waals surface area contributed by atoms with E-state index in [1.165, 1.54) is 0 Å². The van der Waals surface area contributed by atoms with Crippen molar-refractivity contribution in [2.75, 3.05) is 24.6 Å². The number of hydrogen-bond acceptors (Lipinski definition) is 3. The van der Waals surface area contributed by atoms with Crippen LogP contribution in [0.1, 0.15) is 33.6 Å². The minimum Gasteiger partial charge on any atom is -0.397 e. The number of carbonyl (C=O) groups is 1. The third kappa shape index (κ3) is 5.94. The number of nitrogens with zero attached hydrogens (tertiary/aromatic N) is 1. The Kier molecular flexibility index (Phi) is 6.99. The highest BCUT2D eigenvalue weighted by atomic mass is 35.5. The normalized spacial score (nSPS) is 12.7. The number of nitrogens with one attached hydrogen (secondary N) is 1. The molecule has 0 aliphatic heterocycles. The summed E-state index contributed by atoms with van der Waals surface area (Å²) in [5.41, 5.74) is 6.87. The van der Waals surface area contributed by atoms with Gasteiger partial charge in [0.1, 0.15) is 0 Å². The van der Waals surface area contributed by atoms with Gasteiger partial charge in [0.05, 0.1) is 10.7 Å². The Labute approximate surface area is 132 Å². The molecule has 0 fully saturated rings. The van der Waals surface area contributed by atoms with E-state index in [9.17, 15) is 4.79 Å². The lowest BCUT2D eigenvalue weighted by Gasteiger charge is -2.27. The van der Waals surface area contributed by atoms with Crippen molar-refractivity contribution in [3.05, 3.63) is 23.2 Å². The first-order chi connectivity index (χ1) is 9.81. The molecule has 21 heavy (non-hydrogen) atoms. The van der Waals surface area contributed by atoms with Gasteiger partial charge in [-0.25, -0.2) is 0 Å². The van der Waals surface area contributed by atoms with Gasteiger partial charge in [0, 0.05) is 18.2 Å². The maximum absolute atomic E-state index is 11.9. The number of nitrogen functional groups attached to an aromatic ring is 1. The Balaban J connectivity index is 2.36. The summed E-state index contributed by atoms with van der Waals surface area (Å²) in [7, 11) is 2.10. The lowest BCUT2D eigenvalue weighted by molar-refractivity contribution is -0.116. The van der Waals surface area contributed by atoms with Crippen LogP contribution >= 0.6 is 11.6 Å². The standard InChI is InChI=1S/C16H26ClN3O/c1-11(2)12(3)20(4)9-5-6-16(21)19-13-7-8-14(17)15(18)10-13/h7-8,10-12H,5-6,9,18H2,1-4H3,(H,19,21). The van der Waals surface area contributed by atoms with Crippen molar-refractivity contribution in [2.24, 2.45) is 5.92 Å². The minimum atomic E-state index is 0.00215. The van der Waals surface area contributed by atoms with E-state index in [0.29, 0.717) is 34.8 Å². The topological polar surface area (TPSA) is 58.4 Å². The van der Waals surface area contributed by atoms with Crippen LogP contribution in [0.25, 0.3) is 0 Å². The molecule has 0 spiro atoms. The highest BCUT2D eigenvalue weighted by Crippen LogP contribution is 2.22. The molecule has 4 nitrogen and oxygen atoms in total. The number of anilines is 2. The second kappa shape index (κ2) is 8.25. The first kappa shape index (κ1) is 17.8. The van der Waals surface area contributed by atoms with Crippen molar-refractivity contribution >= 4 is 28.9 Å². The lowest BCUT2D eigenvalue weighted by atomic mass is 10.1. The van der Waals surface area contributed by atoms with Crippen molar-refractivity contribution in [2.45, 2.75) is 39.7 Å². The van der Waals surface area contributed by atoms with E-state index in [4.69, 9.17) is 17.3 Å². The Bertz CT molecular complexity index is 477. The second-order valence-electron chi connectivity index (χ2n) is 5.85. The molecule has 0 bridgehead atoms. The van der Waals surface area contributed by atoms with Crippen molar-refractivity contribution in [3.8, 4) is 0 Å². The first-order valence-electron chi connectivity index (χ1n) is 7.36. The molecule has 0 aliphatic rings. The molecule has 1 amide bonds. The molecule has 0 radical (unpaired) electrons. The van der Waals surface area contributed by atoms with Crippen LogP contribution in [-0.4, -0.2) is 30.4 Å². The van der Waals surface area contributed by atoms with Crippen LogP contribution in [0.15, 0.2) is 18.2 Å². The van der Waals surface area contributed by atoms with Gasteiger partial charge in [0.25, 0.3) is 0 Å². The van der Waals surface area contributed by atoms with E-state index in [0.717, 1.165) is 13.0 Å². The summed E-state index contributed by atoms with van der Waals surface area (Å²) in [6, 6.07) is 5.63. The molecule has 1 rings (SSSR count). The van der Waals surface area contributed by atoms with E-state index in [1.807, 2.05) is 0 Å². The van der Waals surface area contributed by atoms with Gasteiger partial charge in [-0.15, -0.1) is 0 Å². The molecule has 0 saturated carbocycles. The van der Waals surface area contributed by atoms with E-state index in [-0.39, 0.29) is 5.91 Å². The minimum absolute atomic E-state index is 0.00215. The highest BCUT2D eigenvalue weighted by Gasteiger charge is 2.13. The zero-order valence-corrected chi connectivity index (χ0v) is 14.1. The van der Waals surface area contributed by atoms with Crippen LogP contribution in [0.4, 0.5) is 11.4 Å². The summed E-state index contributed by atoms with van der Waals surface area (Å²) in [5.74, 6) is 0.614. The van der Waals surface area contributed by atoms with Crippen LogP contribution in [-0.2, 0) is 4.79 Å². The fourth-order valence-corrected chi connectivity index (χ4v) is 2.16. The third-order valence-electron chi connectivity index (χ3n) is 3.85. The smallest absolute Gasteiger partial charge is 0.224 e. The summed E-state index contributed by atoms with van der Waals surface area (Å²) < 4.78 is 0. The van der Waals surface area contributed by atoms with Gasteiger partial charge in [-0.2, -0.15) is 0 Å². The Morgan fingerprint density at radius 1 is 1.38 bits per heavy atom. The van der Waals surface area contributed by atoms with Gasteiger partial charge in [-0.1, -0.05) is 25.4 Å². The van der Waals surface area contributed by atoms with Crippen molar-refractivity contribution in [1.29, 1.82) is 0 Å². The van der Waals surface area contributed by atoms with E-state index >= 15 is 0 Å². The number of rotatable bonds is 7. The van der Waals surface area contributed by atoms with Crippen LogP contribution < -0.4 is 11.1 Å². The van der Waals surface area contributed by atoms with Crippen LogP contribution in [0, 0.1) is 5.92 Å². The maximum atomic E-state index is 11.9. The molecule has 1 aromatic carbocycles. The van der Waals surface area contributed by atoms with E-state index in [1.54, 1.807) is 18.2 Å². The number of carbonyl (C=O) groups excluding carboxylic acids is 1. The molecule has 3 N–H and O–H groups in total. The number of nitrogens with two attached hydrogens (primary N) is 1. The molecule has 0 saturated heterocycles. The maximum Gasteiger partial charge on any atom is 0.224 e. The summed E-state index contributed by atoms with van der Waals surface area (Å²) in [4.78, 5) is 14.2. The molecule has 118 valence electrons. The molecule has 1 atom stereocenters. The highest BCUT2D eigenvalue weighted by molar-refractivity contribution is 6.33. The monoisotopic (exact) mass is 311 g/mol. The van der Waals surface area contributed by atoms with Gasteiger partial charge in [0.2, 0.25) is 5.91 Å². The largest absolute Gasteiger partial charge is 0.397 e. The average molecular weight is 312 g/mol. The number of halogens is 1. The third-order valence-corrected chi connectivity index (χ3v) is 4.20. The zero-order chi connectivity index (χ0) is 16.0. The van der Waals surface area contributed by atoms with Gasteiger partial charge in [0.15, 0.2) is 0 Å². The summed E-state index contributed by atoms with van der Waals surface area (Å²) in [6.45, 7) is 7.54. The predicted molar refractivity (Wildman–Crippen MR) is 90.7 cm³/mol. The molecule has 5 heteroatoms. The average Bonchev–Trinajstić information content (AvgIpc) is 2.41. The van der Waals surface area contributed by atoms with E-state index in [2.05, 4.69) is 38.0 Å². The van der Waals surface area contributed by atoms with Crippen LogP contribution in [0.5, 0.6) is 0 Å². The SMILES string of the molecule is CC(C)C(C)N(C)CCCC(=O)Nc1ccc(Cl)c(N)c1. The molecular weight excluding hydrogens is 286 g/mol. The van der Waals surface area contributed by atoms with Crippen LogP contribution in [0.3, 0.4) is 0 Å². The Morgan fingerprint density at radius 3 is 2.62 bits per heavy atom. The molecular formula is C16H26ClN3O. The van der Waals surface area contributed by atoms with Crippen molar-refractivity contribution < 1.29 is 4.79 Å². The number of hydrogen-bond donors (Lipinski definition) is 2. The van der Waals surface area contributed by atoms with Gasteiger partial charge < -0.3 is 16.0 Å². The van der Waals surface area contributed by atoms with Gasteiger partial charge in [-0.3, -0.25) is 4.79 Å². The zero-order valence-electron chi connectivity index (χ0n) is 13.3. The molecule has 0 aliphatic carbocycles. The van der Waals surface area contributed by atoms with Gasteiger partial charge in [-0.05, 0) is 51.1 Å². The molecule has 1 unspecified atom stereocenters. The van der Waals surface area contributed by atoms with Crippen molar-refractivity contribution in [3.63, 3.8) is 0 Å². The summed E-state index contributed by atoms with van der Waals surface area (Å²) in [5, 5.41) is 3.34.